The number of rotatable bonds is 5. The van der Waals surface area contributed by atoms with Crippen LogP contribution in [-0.2, 0) is 10.2 Å². The first kappa shape index (κ1) is 20.2. The Hall–Kier alpha value is -2.07. The van der Waals surface area contributed by atoms with Gasteiger partial charge >= 0.3 is 0 Å². The molecular weight excluding hydrogens is 340 g/mol. The van der Waals surface area contributed by atoms with E-state index in [1.807, 2.05) is 26.0 Å². The van der Waals surface area contributed by atoms with Crippen LogP contribution in [0, 0.1) is 6.92 Å². The number of hydrogen-bond donors (Lipinski definition) is 1. The smallest absolute Gasteiger partial charge is 0.253 e. The second-order valence-electron chi connectivity index (χ2n) is 7.57. The van der Waals surface area contributed by atoms with Gasteiger partial charge < -0.3 is 0 Å². The summed E-state index contributed by atoms with van der Waals surface area (Å²) in [5.41, 5.74) is 7.11. The average Bonchev–Trinajstić information content (AvgIpc) is 2.60. The van der Waals surface area contributed by atoms with E-state index < -0.39 is 0 Å². The third-order valence-corrected chi connectivity index (χ3v) is 5.32. The summed E-state index contributed by atoms with van der Waals surface area (Å²) in [6.07, 6.45) is 0. The summed E-state index contributed by atoms with van der Waals surface area (Å²) in [6, 6.07) is 16.5. The third kappa shape index (κ3) is 5.73. The second-order valence-corrected chi connectivity index (χ2v) is 8.99. The van der Waals surface area contributed by atoms with Crippen molar-refractivity contribution in [3.63, 3.8) is 0 Å². The topological polar surface area (TPSA) is 41.5 Å². The van der Waals surface area contributed by atoms with Crippen molar-refractivity contribution in [3.8, 4) is 0 Å². The first-order valence-electron chi connectivity index (χ1n) is 8.85. The maximum Gasteiger partial charge on any atom is 0.253 e. The Kier molecular flexibility index (Phi) is 6.65. The van der Waals surface area contributed by atoms with E-state index in [0.29, 0.717) is 0 Å². The van der Waals surface area contributed by atoms with Gasteiger partial charge in [-0.1, -0.05) is 62.7 Å². The molecule has 0 saturated heterocycles. The first-order valence-corrected chi connectivity index (χ1v) is 9.73. The van der Waals surface area contributed by atoms with Crippen LogP contribution in [-0.4, -0.2) is 16.9 Å². The Balaban J connectivity index is 1.96. The van der Waals surface area contributed by atoms with Gasteiger partial charge in [-0.25, -0.2) is 5.43 Å². The summed E-state index contributed by atoms with van der Waals surface area (Å²) in [4.78, 5) is 13.4. The summed E-state index contributed by atoms with van der Waals surface area (Å²) in [5, 5.41) is 4.06. The van der Waals surface area contributed by atoms with E-state index in [4.69, 9.17) is 0 Å². The maximum atomic E-state index is 12.3. The van der Waals surface area contributed by atoms with Crippen molar-refractivity contribution in [3.05, 3.63) is 65.2 Å². The van der Waals surface area contributed by atoms with Gasteiger partial charge in [-0.3, -0.25) is 4.79 Å². The van der Waals surface area contributed by atoms with Gasteiger partial charge in [-0.05, 0) is 49.4 Å². The number of hydrazone groups is 1. The molecular formula is C22H28N2OS. The van der Waals surface area contributed by atoms with Crippen LogP contribution in [0.2, 0.25) is 0 Å². The van der Waals surface area contributed by atoms with Gasteiger partial charge in [0.15, 0.2) is 0 Å². The normalized spacial score (nSPS) is 13.4. The van der Waals surface area contributed by atoms with Crippen molar-refractivity contribution < 1.29 is 4.79 Å². The lowest BCUT2D eigenvalue weighted by Crippen LogP contribution is -2.27. The van der Waals surface area contributed by atoms with Crippen LogP contribution in [0.3, 0.4) is 0 Å². The number of hydrogen-bond acceptors (Lipinski definition) is 3. The third-order valence-electron chi connectivity index (χ3n) is 4.21. The minimum absolute atomic E-state index is 0.0961. The van der Waals surface area contributed by atoms with Crippen molar-refractivity contribution in [1.29, 1.82) is 0 Å². The molecule has 0 bridgehead atoms. The molecule has 0 aromatic heterocycles. The highest BCUT2D eigenvalue weighted by molar-refractivity contribution is 8.00. The van der Waals surface area contributed by atoms with E-state index in [2.05, 4.69) is 74.6 Å². The summed E-state index contributed by atoms with van der Waals surface area (Å²) in [6.45, 7) is 12.4. The summed E-state index contributed by atoms with van der Waals surface area (Å²) < 4.78 is 0. The van der Waals surface area contributed by atoms with Gasteiger partial charge in [0.2, 0.25) is 0 Å². The molecule has 1 atom stereocenters. The van der Waals surface area contributed by atoms with Gasteiger partial charge in [-0.2, -0.15) is 5.10 Å². The molecule has 4 heteroatoms. The molecule has 0 aliphatic rings. The lowest BCUT2D eigenvalue weighted by Gasteiger charge is -2.19. The minimum atomic E-state index is -0.211. The molecule has 0 aliphatic carbocycles. The highest BCUT2D eigenvalue weighted by Gasteiger charge is 2.15. The lowest BCUT2D eigenvalue weighted by molar-refractivity contribution is -0.120. The molecule has 0 aliphatic heterocycles. The highest BCUT2D eigenvalue weighted by Crippen LogP contribution is 2.24. The van der Waals surface area contributed by atoms with E-state index in [-0.39, 0.29) is 16.6 Å². The number of nitrogens with zero attached hydrogens (tertiary/aromatic N) is 1. The van der Waals surface area contributed by atoms with E-state index in [9.17, 15) is 4.79 Å². The average molecular weight is 369 g/mol. The van der Waals surface area contributed by atoms with Crippen LogP contribution in [0.15, 0.2) is 58.5 Å². The van der Waals surface area contributed by atoms with Gasteiger partial charge in [0, 0.05) is 4.90 Å². The largest absolute Gasteiger partial charge is 0.272 e. The zero-order valence-corrected chi connectivity index (χ0v) is 17.3. The molecule has 3 nitrogen and oxygen atoms in total. The number of benzene rings is 2. The highest BCUT2D eigenvalue weighted by atomic mass is 32.2. The molecule has 2 rings (SSSR count). The first-order chi connectivity index (χ1) is 12.2. The maximum absolute atomic E-state index is 12.3. The monoisotopic (exact) mass is 368 g/mol. The summed E-state index contributed by atoms with van der Waals surface area (Å²) in [5.74, 6) is -0.0961. The van der Waals surface area contributed by atoms with Crippen LogP contribution in [0.25, 0.3) is 0 Å². The van der Waals surface area contributed by atoms with Crippen molar-refractivity contribution in [1.82, 2.24) is 5.43 Å². The fourth-order valence-electron chi connectivity index (χ4n) is 2.38. The molecule has 0 spiro atoms. The van der Waals surface area contributed by atoms with Crippen LogP contribution < -0.4 is 5.43 Å². The number of aryl methyl sites for hydroxylation is 1. The fraction of sp³-hybridized carbons (Fsp3) is 0.364. The van der Waals surface area contributed by atoms with E-state index in [1.165, 1.54) is 22.9 Å². The molecule has 1 amide bonds. The Labute approximate surface area is 161 Å². The van der Waals surface area contributed by atoms with Gasteiger partial charge in [0.05, 0.1) is 11.0 Å². The Bertz CT molecular complexity index is 771. The lowest BCUT2D eigenvalue weighted by atomic mass is 9.86. The van der Waals surface area contributed by atoms with Crippen molar-refractivity contribution >= 4 is 23.4 Å². The number of carbonyl (C=O) groups is 1. The SMILES string of the molecule is C/C(=N/NC(=O)[C@H](C)Sc1ccc(C)cc1)c1ccc(C(C)(C)C)cc1. The second kappa shape index (κ2) is 8.54. The molecule has 138 valence electrons. The van der Waals surface area contributed by atoms with Gasteiger partial charge in [0.25, 0.3) is 5.91 Å². The predicted molar refractivity (Wildman–Crippen MR) is 112 cm³/mol. The molecule has 0 fully saturated rings. The fourth-order valence-corrected chi connectivity index (χ4v) is 3.24. The van der Waals surface area contributed by atoms with Crippen LogP contribution in [0.4, 0.5) is 0 Å². The zero-order chi connectivity index (χ0) is 19.3. The van der Waals surface area contributed by atoms with Crippen LogP contribution in [0.1, 0.15) is 51.3 Å². The Morgan fingerprint density at radius 1 is 1.04 bits per heavy atom. The zero-order valence-electron chi connectivity index (χ0n) is 16.5. The van der Waals surface area contributed by atoms with E-state index in [0.717, 1.165) is 16.2 Å². The van der Waals surface area contributed by atoms with Crippen molar-refractivity contribution in [2.75, 3.05) is 0 Å². The summed E-state index contributed by atoms with van der Waals surface area (Å²) in [7, 11) is 0. The number of nitrogens with one attached hydrogen (secondary N) is 1. The van der Waals surface area contributed by atoms with Crippen molar-refractivity contribution in [2.24, 2.45) is 5.10 Å². The van der Waals surface area contributed by atoms with Gasteiger partial charge in [0.1, 0.15) is 0 Å². The molecule has 26 heavy (non-hydrogen) atoms. The number of thioether (sulfide) groups is 1. The molecule has 2 aromatic rings. The Morgan fingerprint density at radius 2 is 1.62 bits per heavy atom. The quantitative estimate of drug-likeness (QED) is 0.441. The molecule has 2 aromatic carbocycles. The molecule has 0 unspecified atom stereocenters. The van der Waals surface area contributed by atoms with Gasteiger partial charge in [-0.15, -0.1) is 11.8 Å². The molecule has 1 N–H and O–H groups in total. The summed E-state index contributed by atoms with van der Waals surface area (Å²) >= 11 is 1.53. The molecule has 0 radical (unpaired) electrons. The predicted octanol–water partition coefficient (Wildman–Crippen LogP) is 5.31. The van der Waals surface area contributed by atoms with E-state index in [1.54, 1.807) is 0 Å². The van der Waals surface area contributed by atoms with E-state index >= 15 is 0 Å². The van der Waals surface area contributed by atoms with Crippen molar-refractivity contribution in [2.45, 2.75) is 57.1 Å². The minimum Gasteiger partial charge on any atom is -0.272 e. The van der Waals surface area contributed by atoms with Crippen LogP contribution in [0.5, 0.6) is 0 Å². The Morgan fingerprint density at radius 3 is 2.15 bits per heavy atom. The number of carbonyl (C=O) groups excluding carboxylic acids is 1. The molecule has 0 saturated carbocycles. The molecule has 0 heterocycles. The number of amides is 1. The standard InChI is InChI=1S/C22H28N2OS/c1-15-7-13-20(14-8-15)26-17(3)21(25)24-23-16(2)18-9-11-19(12-10-18)22(4,5)6/h7-14,17H,1-6H3,(H,24,25)/b23-16-/t17-/m0/s1. The van der Waals surface area contributed by atoms with Crippen LogP contribution >= 0.6 is 11.8 Å².